The van der Waals surface area contributed by atoms with Crippen molar-refractivity contribution in [2.45, 2.75) is 16.3 Å². The van der Waals surface area contributed by atoms with E-state index in [4.69, 9.17) is 0 Å². The van der Waals surface area contributed by atoms with E-state index in [2.05, 4.69) is 9.97 Å². The van der Waals surface area contributed by atoms with Gasteiger partial charge in [0.15, 0.2) is 4.34 Å². The number of thiazole rings is 1. The first-order chi connectivity index (χ1) is 6.34. The lowest BCUT2D eigenvalue weighted by atomic mass is 10.5. The van der Waals surface area contributed by atoms with Crippen molar-refractivity contribution in [1.82, 2.24) is 9.97 Å². The highest BCUT2D eigenvalue weighted by Gasteiger charge is 2.01. The summed E-state index contributed by atoms with van der Waals surface area (Å²) in [7, 11) is 0. The number of pyridine rings is 1. The number of nitrogens with zero attached hydrogens (tertiary/aromatic N) is 2. The number of hydrogen-bond donors (Lipinski definition) is 0. The van der Waals surface area contributed by atoms with Crippen LogP contribution < -0.4 is 0 Å². The number of rotatable bonds is 2. The van der Waals surface area contributed by atoms with Gasteiger partial charge >= 0.3 is 0 Å². The molecule has 2 aromatic rings. The van der Waals surface area contributed by atoms with Gasteiger partial charge in [-0.25, -0.2) is 9.97 Å². The van der Waals surface area contributed by atoms with E-state index in [-0.39, 0.29) is 0 Å². The molecule has 2 rings (SSSR count). The average Bonchev–Trinajstić information content (AvgIpc) is 2.53. The largest absolute Gasteiger partial charge is 0.250 e. The fraction of sp³-hybridized carbons (Fsp3) is 0.111. The summed E-state index contributed by atoms with van der Waals surface area (Å²) in [6, 6.07) is 5.88. The third-order valence-corrected chi connectivity index (χ3v) is 3.43. The highest BCUT2D eigenvalue weighted by molar-refractivity contribution is 8.00. The maximum atomic E-state index is 4.35. The quantitative estimate of drug-likeness (QED) is 0.758. The maximum absolute atomic E-state index is 4.35. The van der Waals surface area contributed by atoms with Crippen molar-refractivity contribution >= 4 is 23.1 Å². The normalized spacial score (nSPS) is 10.2. The van der Waals surface area contributed by atoms with Gasteiger partial charge in [0.1, 0.15) is 5.03 Å². The van der Waals surface area contributed by atoms with Crippen LogP contribution in [0.25, 0.3) is 0 Å². The maximum Gasteiger partial charge on any atom is 0.156 e. The smallest absolute Gasteiger partial charge is 0.156 e. The Hall–Kier alpha value is -0.870. The number of aryl methyl sites for hydroxylation is 1. The zero-order valence-electron chi connectivity index (χ0n) is 7.10. The summed E-state index contributed by atoms with van der Waals surface area (Å²) < 4.78 is 1.05. The molecule has 0 radical (unpaired) electrons. The van der Waals surface area contributed by atoms with Crippen molar-refractivity contribution in [2.75, 3.05) is 0 Å². The summed E-state index contributed by atoms with van der Waals surface area (Å²) in [6.07, 6.45) is 1.79. The van der Waals surface area contributed by atoms with Crippen molar-refractivity contribution in [2.24, 2.45) is 0 Å². The molecule has 0 bridgehead atoms. The molecule has 0 saturated carbocycles. The van der Waals surface area contributed by atoms with E-state index in [1.807, 2.05) is 30.5 Å². The fourth-order valence-electron chi connectivity index (χ4n) is 0.876. The lowest BCUT2D eigenvalue weighted by Gasteiger charge is -1.93. The van der Waals surface area contributed by atoms with E-state index in [0.717, 1.165) is 15.1 Å². The van der Waals surface area contributed by atoms with Gasteiger partial charge in [-0.15, -0.1) is 11.3 Å². The van der Waals surface area contributed by atoms with Gasteiger partial charge in [-0.3, -0.25) is 0 Å². The molecule has 66 valence electrons. The molecule has 0 saturated heterocycles. The summed E-state index contributed by atoms with van der Waals surface area (Å²) in [5.74, 6) is 0. The van der Waals surface area contributed by atoms with E-state index < -0.39 is 0 Å². The standard InChI is InChI=1S/C9H8N2S2/c1-7-6-12-9(11-7)13-8-4-2-3-5-10-8/h2-6H,1H3. The molecule has 0 aromatic carbocycles. The van der Waals surface area contributed by atoms with E-state index in [0.29, 0.717) is 0 Å². The first kappa shape index (κ1) is 8.72. The second-order valence-electron chi connectivity index (χ2n) is 2.52. The van der Waals surface area contributed by atoms with Gasteiger partial charge in [0.05, 0.1) is 0 Å². The Bertz CT molecular complexity index is 384. The van der Waals surface area contributed by atoms with Crippen LogP contribution >= 0.6 is 23.1 Å². The zero-order chi connectivity index (χ0) is 9.10. The Balaban J connectivity index is 2.15. The molecule has 0 aliphatic rings. The van der Waals surface area contributed by atoms with Gasteiger partial charge in [-0.1, -0.05) is 6.07 Å². The van der Waals surface area contributed by atoms with Crippen LogP contribution in [0.2, 0.25) is 0 Å². The van der Waals surface area contributed by atoms with Crippen molar-refractivity contribution < 1.29 is 0 Å². The van der Waals surface area contributed by atoms with Crippen molar-refractivity contribution in [3.63, 3.8) is 0 Å². The lowest BCUT2D eigenvalue weighted by Crippen LogP contribution is -1.76. The molecule has 0 fully saturated rings. The van der Waals surface area contributed by atoms with Crippen molar-refractivity contribution in [3.05, 3.63) is 35.5 Å². The SMILES string of the molecule is Cc1csc(Sc2ccccn2)n1. The summed E-state index contributed by atoms with van der Waals surface area (Å²) in [5.41, 5.74) is 1.07. The van der Waals surface area contributed by atoms with Gasteiger partial charge in [0, 0.05) is 17.3 Å². The van der Waals surface area contributed by atoms with Crippen molar-refractivity contribution in [1.29, 1.82) is 0 Å². The van der Waals surface area contributed by atoms with Gasteiger partial charge in [0.2, 0.25) is 0 Å². The Morgan fingerprint density at radius 2 is 2.31 bits per heavy atom. The van der Waals surface area contributed by atoms with Gasteiger partial charge < -0.3 is 0 Å². The second kappa shape index (κ2) is 3.89. The van der Waals surface area contributed by atoms with Crippen LogP contribution in [0.5, 0.6) is 0 Å². The number of hydrogen-bond acceptors (Lipinski definition) is 4. The Kier molecular flexibility index (Phi) is 2.61. The predicted octanol–water partition coefficient (Wildman–Crippen LogP) is 3.00. The molecule has 0 unspecified atom stereocenters. The van der Waals surface area contributed by atoms with E-state index in [9.17, 15) is 0 Å². The van der Waals surface area contributed by atoms with Crippen LogP contribution in [0.4, 0.5) is 0 Å². The minimum atomic E-state index is 0.997. The Morgan fingerprint density at radius 1 is 1.38 bits per heavy atom. The zero-order valence-corrected chi connectivity index (χ0v) is 8.73. The first-order valence-electron chi connectivity index (χ1n) is 3.85. The summed E-state index contributed by atoms with van der Waals surface area (Å²) in [6.45, 7) is 2.00. The fourth-order valence-corrected chi connectivity index (χ4v) is 2.62. The van der Waals surface area contributed by atoms with Crippen LogP contribution in [0.3, 0.4) is 0 Å². The molecule has 0 spiro atoms. The molecule has 4 heteroatoms. The molecule has 2 aromatic heterocycles. The number of aromatic nitrogens is 2. The highest BCUT2D eigenvalue weighted by Crippen LogP contribution is 2.28. The van der Waals surface area contributed by atoms with E-state index in [1.165, 1.54) is 0 Å². The van der Waals surface area contributed by atoms with E-state index in [1.54, 1.807) is 29.3 Å². The molecular formula is C9H8N2S2. The molecule has 2 heterocycles. The summed E-state index contributed by atoms with van der Waals surface area (Å²) in [5, 5.41) is 3.04. The van der Waals surface area contributed by atoms with Crippen LogP contribution in [0, 0.1) is 6.92 Å². The molecule has 0 N–H and O–H groups in total. The van der Waals surface area contributed by atoms with Gasteiger partial charge in [-0.2, -0.15) is 0 Å². The Morgan fingerprint density at radius 3 is 2.92 bits per heavy atom. The molecule has 0 atom stereocenters. The van der Waals surface area contributed by atoms with Gasteiger partial charge in [0.25, 0.3) is 0 Å². The van der Waals surface area contributed by atoms with E-state index >= 15 is 0 Å². The third-order valence-electron chi connectivity index (χ3n) is 1.43. The molecule has 0 aliphatic heterocycles. The molecule has 0 aliphatic carbocycles. The van der Waals surface area contributed by atoms with Gasteiger partial charge in [-0.05, 0) is 30.8 Å². The van der Waals surface area contributed by atoms with Crippen LogP contribution in [0.1, 0.15) is 5.69 Å². The topological polar surface area (TPSA) is 25.8 Å². The van der Waals surface area contributed by atoms with Crippen molar-refractivity contribution in [3.8, 4) is 0 Å². The third kappa shape index (κ3) is 2.29. The molecular weight excluding hydrogens is 200 g/mol. The van der Waals surface area contributed by atoms with Crippen LogP contribution in [-0.2, 0) is 0 Å². The Labute approximate surface area is 85.1 Å². The second-order valence-corrected chi connectivity index (χ2v) is 4.65. The predicted molar refractivity (Wildman–Crippen MR) is 55.2 cm³/mol. The highest BCUT2D eigenvalue weighted by atomic mass is 32.2. The molecule has 2 nitrogen and oxygen atoms in total. The average molecular weight is 208 g/mol. The minimum absolute atomic E-state index is 0.997. The monoisotopic (exact) mass is 208 g/mol. The van der Waals surface area contributed by atoms with Crippen LogP contribution in [-0.4, -0.2) is 9.97 Å². The summed E-state index contributed by atoms with van der Waals surface area (Å²) in [4.78, 5) is 8.56. The lowest BCUT2D eigenvalue weighted by molar-refractivity contribution is 1.11. The molecule has 0 amide bonds. The minimum Gasteiger partial charge on any atom is -0.250 e. The summed E-state index contributed by atoms with van der Waals surface area (Å²) >= 11 is 3.26. The molecule has 13 heavy (non-hydrogen) atoms. The first-order valence-corrected chi connectivity index (χ1v) is 5.55. The van der Waals surface area contributed by atoms with Crippen LogP contribution in [0.15, 0.2) is 39.1 Å².